The van der Waals surface area contributed by atoms with Gasteiger partial charge in [0, 0.05) is 17.3 Å². The maximum atomic E-state index is 11.9. The number of hydrogen-bond acceptors (Lipinski definition) is 4. The molecule has 1 heterocycles. The number of aliphatic hydroxyl groups excluding tert-OH is 1. The number of aromatic nitrogens is 1. The van der Waals surface area contributed by atoms with Crippen LogP contribution in [0.15, 0.2) is 5.38 Å². The first-order valence-corrected chi connectivity index (χ1v) is 8.55. The van der Waals surface area contributed by atoms with Gasteiger partial charge in [-0.1, -0.05) is 47.5 Å². The molecule has 1 aromatic heterocycles. The van der Waals surface area contributed by atoms with Crippen molar-refractivity contribution in [3.05, 3.63) is 16.1 Å². The third-order valence-electron chi connectivity index (χ3n) is 3.64. The van der Waals surface area contributed by atoms with Crippen LogP contribution in [0.3, 0.4) is 0 Å². The molecule has 0 radical (unpaired) electrons. The second kappa shape index (κ2) is 7.90. The Morgan fingerprint density at radius 2 is 2.00 bits per heavy atom. The molecule has 0 bridgehead atoms. The smallest absolute Gasteiger partial charge is 0.226 e. The van der Waals surface area contributed by atoms with E-state index in [-0.39, 0.29) is 23.7 Å². The monoisotopic (exact) mass is 312 g/mol. The van der Waals surface area contributed by atoms with Crippen LogP contribution < -0.4 is 5.32 Å². The number of aliphatic hydroxyl groups is 1. The molecule has 1 amide bonds. The molecule has 21 heavy (non-hydrogen) atoms. The van der Waals surface area contributed by atoms with Crippen molar-refractivity contribution in [3.8, 4) is 0 Å². The first-order chi connectivity index (χ1) is 9.77. The second-order valence-electron chi connectivity index (χ2n) is 6.52. The summed E-state index contributed by atoms with van der Waals surface area (Å²) in [4.78, 5) is 16.4. The van der Waals surface area contributed by atoms with Crippen molar-refractivity contribution in [2.75, 3.05) is 6.54 Å². The van der Waals surface area contributed by atoms with Crippen LogP contribution in [0.2, 0.25) is 0 Å². The van der Waals surface area contributed by atoms with E-state index >= 15 is 0 Å². The molecule has 0 aliphatic heterocycles. The molecule has 1 atom stereocenters. The Hall–Kier alpha value is -0.940. The van der Waals surface area contributed by atoms with E-state index in [0.717, 1.165) is 23.5 Å². The summed E-state index contributed by atoms with van der Waals surface area (Å²) in [6, 6.07) is 0. The minimum Gasteiger partial charge on any atom is -0.391 e. The molecule has 0 saturated heterocycles. The molecular weight excluding hydrogens is 284 g/mol. The van der Waals surface area contributed by atoms with Crippen LogP contribution >= 0.6 is 11.3 Å². The highest BCUT2D eigenvalue weighted by Crippen LogP contribution is 2.25. The highest BCUT2D eigenvalue weighted by atomic mass is 32.1. The number of nitrogens with one attached hydrogen (secondary N) is 1. The fourth-order valence-corrected chi connectivity index (χ4v) is 3.08. The van der Waals surface area contributed by atoms with Gasteiger partial charge in [-0.2, -0.15) is 0 Å². The molecule has 1 aromatic rings. The lowest BCUT2D eigenvalue weighted by atomic mass is 9.96. The highest BCUT2D eigenvalue weighted by Gasteiger charge is 2.19. The Morgan fingerprint density at radius 1 is 1.38 bits per heavy atom. The van der Waals surface area contributed by atoms with Crippen molar-refractivity contribution in [2.24, 2.45) is 5.92 Å². The number of hydrogen-bond donors (Lipinski definition) is 2. The molecule has 0 aromatic carbocycles. The summed E-state index contributed by atoms with van der Waals surface area (Å²) in [5, 5.41) is 15.8. The van der Waals surface area contributed by atoms with Crippen LogP contribution in [-0.2, 0) is 16.6 Å². The molecule has 0 saturated carbocycles. The molecule has 0 fully saturated rings. The van der Waals surface area contributed by atoms with E-state index in [4.69, 9.17) is 0 Å². The Balaban J connectivity index is 2.46. The number of rotatable bonds is 7. The predicted molar refractivity (Wildman–Crippen MR) is 87.6 cm³/mol. The highest BCUT2D eigenvalue weighted by molar-refractivity contribution is 7.09. The predicted octanol–water partition coefficient (Wildman–Crippen LogP) is 2.90. The Kier molecular flexibility index (Phi) is 6.81. The maximum Gasteiger partial charge on any atom is 0.226 e. The average Bonchev–Trinajstić information content (AvgIpc) is 2.86. The summed E-state index contributed by atoms with van der Waals surface area (Å²) in [6.45, 7) is 10.8. The van der Waals surface area contributed by atoms with E-state index in [2.05, 4.69) is 44.9 Å². The zero-order chi connectivity index (χ0) is 16.0. The third-order valence-corrected chi connectivity index (χ3v) is 4.95. The Bertz CT molecular complexity index is 447. The number of carbonyl (C=O) groups excluding carboxylic acids is 1. The molecule has 2 N–H and O–H groups in total. The summed E-state index contributed by atoms with van der Waals surface area (Å²) < 4.78 is 0. The fourth-order valence-electron chi connectivity index (χ4n) is 2.18. The summed E-state index contributed by atoms with van der Waals surface area (Å²) in [6.07, 6.45) is 1.66. The standard InChI is InChI=1S/C16H28N2O2S/c1-6-11(7-2)13(19)9-17-14(20)8-12-10-21-15(18-12)16(3,4)5/h10-11,13,19H,6-9H2,1-5H3,(H,17,20). The van der Waals surface area contributed by atoms with Crippen LogP contribution in [0.25, 0.3) is 0 Å². The summed E-state index contributed by atoms with van der Waals surface area (Å²) in [7, 11) is 0. The van der Waals surface area contributed by atoms with E-state index in [1.165, 1.54) is 0 Å². The molecule has 5 heteroatoms. The first-order valence-electron chi connectivity index (χ1n) is 7.67. The van der Waals surface area contributed by atoms with Gasteiger partial charge < -0.3 is 10.4 Å². The third kappa shape index (κ3) is 5.75. The largest absolute Gasteiger partial charge is 0.391 e. The quantitative estimate of drug-likeness (QED) is 0.814. The number of nitrogens with zero attached hydrogens (tertiary/aromatic N) is 1. The van der Waals surface area contributed by atoms with Gasteiger partial charge in [0.1, 0.15) is 0 Å². The van der Waals surface area contributed by atoms with E-state index in [1.807, 2.05) is 5.38 Å². The lowest BCUT2D eigenvalue weighted by Gasteiger charge is -2.20. The molecule has 4 nitrogen and oxygen atoms in total. The van der Waals surface area contributed by atoms with Gasteiger partial charge in [0.05, 0.1) is 23.2 Å². The van der Waals surface area contributed by atoms with Crippen LogP contribution in [0.4, 0.5) is 0 Å². The van der Waals surface area contributed by atoms with Gasteiger partial charge in [-0.25, -0.2) is 4.98 Å². The van der Waals surface area contributed by atoms with E-state index in [0.29, 0.717) is 6.54 Å². The fraction of sp³-hybridized carbons (Fsp3) is 0.750. The van der Waals surface area contributed by atoms with Gasteiger partial charge in [-0.15, -0.1) is 11.3 Å². The molecule has 0 aliphatic carbocycles. The van der Waals surface area contributed by atoms with Gasteiger partial charge in [-0.3, -0.25) is 4.79 Å². The van der Waals surface area contributed by atoms with Crippen molar-refractivity contribution in [2.45, 2.75) is 65.4 Å². The number of amides is 1. The summed E-state index contributed by atoms with van der Waals surface area (Å²) >= 11 is 1.59. The van der Waals surface area contributed by atoms with Gasteiger partial charge in [0.25, 0.3) is 0 Å². The van der Waals surface area contributed by atoms with Crippen LogP contribution in [-0.4, -0.2) is 28.6 Å². The normalized spacial score (nSPS) is 13.5. The van der Waals surface area contributed by atoms with Crippen molar-refractivity contribution in [1.29, 1.82) is 0 Å². The minimum absolute atomic E-state index is 0.0189. The Morgan fingerprint density at radius 3 is 2.48 bits per heavy atom. The van der Waals surface area contributed by atoms with Crippen molar-refractivity contribution in [1.82, 2.24) is 10.3 Å². The maximum absolute atomic E-state index is 11.9. The van der Waals surface area contributed by atoms with E-state index in [9.17, 15) is 9.90 Å². The zero-order valence-corrected chi connectivity index (χ0v) is 14.6. The van der Waals surface area contributed by atoms with E-state index in [1.54, 1.807) is 11.3 Å². The molecule has 1 unspecified atom stereocenters. The van der Waals surface area contributed by atoms with Crippen molar-refractivity contribution >= 4 is 17.2 Å². The van der Waals surface area contributed by atoms with Gasteiger partial charge in [0.2, 0.25) is 5.91 Å². The van der Waals surface area contributed by atoms with E-state index < -0.39 is 6.10 Å². The lowest BCUT2D eigenvalue weighted by Crippen LogP contribution is -2.36. The minimum atomic E-state index is -0.468. The summed E-state index contributed by atoms with van der Waals surface area (Å²) in [5.41, 5.74) is 0.824. The second-order valence-corrected chi connectivity index (χ2v) is 7.38. The van der Waals surface area contributed by atoms with Gasteiger partial charge in [0.15, 0.2) is 0 Å². The van der Waals surface area contributed by atoms with Crippen molar-refractivity contribution < 1.29 is 9.90 Å². The molecule has 1 rings (SSSR count). The van der Waals surface area contributed by atoms with Crippen LogP contribution in [0.1, 0.15) is 58.2 Å². The zero-order valence-electron chi connectivity index (χ0n) is 13.8. The lowest BCUT2D eigenvalue weighted by molar-refractivity contribution is -0.121. The molecule has 120 valence electrons. The van der Waals surface area contributed by atoms with Crippen LogP contribution in [0.5, 0.6) is 0 Å². The number of thiazole rings is 1. The number of carbonyl (C=O) groups is 1. The molecule has 0 spiro atoms. The van der Waals surface area contributed by atoms with Crippen LogP contribution in [0, 0.1) is 5.92 Å². The average molecular weight is 312 g/mol. The Labute approximate surface area is 132 Å². The summed E-state index contributed by atoms with van der Waals surface area (Å²) in [5.74, 6) is 0.169. The van der Waals surface area contributed by atoms with Gasteiger partial charge in [-0.05, 0) is 5.92 Å². The first kappa shape index (κ1) is 18.1. The van der Waals surface area contributed by atoms with Crippen molar-refractivity contribution in [3.63, 3.8) is 0 Å². The molecular formula is C16H28N2O2S. The SMILES string of the molecule is CCC(CC)C(O)CNC(=O)Cc1csc(C(C)(C)C)n1. The molecule has 0 aliphatic rings. The topological polar surface area (TPSA) is 62.2 Å². The van der Waals surface area contributed by atoms with Gasteiger partial charge >= 0.3 is 0 Å².